The standard InChI is InChI=1S/C18H17ClN4O/c1-13(15-6-8-17(19)9-7-15)22-18(24)16-4-2-14(3-5-16)10-23-12-20-11-21-23/h2-9,11-13H,10H2,1H3,(H,22,24). The van der Waals surface area contributed by atoms with Crippen molar-refractivity contribution in [3.63, 3.8) is 0 Å². The van der Waals surface area contributed by atoms with Gasteiger partial charge in [0.25, 0.3) is 5.91 Å². The molecule has 1 N–H and O–H groups in total. The predicted octanol–water partition coefficient (Wildman–Crippen LogP) is 3.47. The second-order valence-corrected chi connectivity index (χ2v) is 5.97. The monoisotopic (exact) mass is 340 g/mol. The molecule has 2 aromatic carbocycles. The number of halogens is 1. The highest BCUT2D eigenvalue weighted by Crippen LogP contribution is 2.16. The Labute approximate surface area is 145 Å². The summed E-state index contributed by atoms with van der Waals surface area (Å²) in [4.78, 5) is 16.3. The van der Waals surface area contributed by atoms with Crippen molar-refractivity contribution in [3.8, 4) is 0 Å². The van der Waals surface area contributed by atoms with Crippen molar-refractivity contribution < 1.29 is 4.79 Å². The summed E-state index contributed by atoms with van der Waals surface area (Å²) in [6.07, 6.45) is 3.16. The average Bonchev–Trinajstić information content (AvgIpc) is 3.09. The fraction of sp³-hybridized carbons (Fsp3) is 0.167. The van der Waals surface area contributed by atoms with E-state index in [1.807, 2.05) is 55.5 Å². The first-order valence-corrected chi connectivity index (χ1v) is 7.97. The van der Waals surface area contributed by atoms with Gasteiger partial charge in [-0.15, -0.1) is 0 Å². The Kier molecular flexibility index (Phi) is 4.91. The first kappa shape index (κ1) is 16.2. The summed E-state index contributed by atoms with van der Waals surface area (Å²) in [5, 5.41) is 7.73. The van der Waals surface area contributed by atoms with E-state index in [4.69, 9.17) is 11.6 Å². The van der Waals surface area contributed by atoms with Gasteiger partial charge in [0.15, 0.2) is 0 Å². The van der Waals surface area contributed by atoms with Crippen LogP contribution in [0.15, 0.2) is 61.2 Å². The smallest absolute Gasteiger partial charge is 0.251 e. The van der Waals surface area contributed by atoms with E-state index in [-0.39, 0.29) is 11.9 Å². The summed E-state index contributed by atoms with van der Waals surface area (Å²) >= 11 is 5.89. The van der Waals surface area contributed by atoms with E-state index in [0.29, 0.717) is 17.1 Å². The van der Waals surface area contributed by atoms with E-state index < -0.39 is 0 Å². The van der Waals surface area contributed by atoms with Gasteiger partial charge in [-0.1, -0.05) is 35.9 Å². The minimum absolute atomic E-state index is 0.0930. The molecule has 0 saturated heterocycles. The zero-order valence-corrected chi connectivity index (χ0v) is 13.9. The van der Waals surface area contributed by atoms with Crippen LogP contribution in [0, 0.1) is 0 Å². The SMILES string of the molecule is CC(NC(=O)c1ccc(Cn2cncn2)cc1)c1ccc(Cl)cc1. The second-order valence-electron chi connectivity index (χ2n) is 5.54. The van der Waals surface area contributed by atoms with E-state index in [1.54, 1.807) is 11.0 Å². The van der Waals surface area contributed by atoms with Crippen molar-refractivity contribution in [1.29, 1.82) is 0 Å². The first-order valence-electron chi connectivity index (χ1n) is 7.59. The molecular weight excluding hydrogens is 324 g/mol. The number of nitrogens with one attached hydrogen (secondary N) is 1. The van der Waals surface area contributed by atoms with Crippen LogP contribution in [0.3, 0.4) is 0 Å². The molecule has 0 aliphatic carbocycles. The quantitative estimate of drug-likeness (QED) is 0.773. The molecule has 5 nitrogen and oxygen atoms in total. The van der Waals surface area contributed by atoms with Crippen LogP contribution in [0.2, 0.25) is 5.02 Å². The maximum absolute atomic E-state index is 12.4. The van der Waals surface area contributed by atoms with Gasteiger partial charge >= 0.3 is 0 Å². The summed E-state index contributed by atoms with van der Waals surface area (Å²) in [6, 6.07) is 14.8. The average molecular weight is 341 g/mol. The highest BCUT2D eigenvalue weighted by Gasteiger charge is 2.11. The van der Waals surface area contributed by atoms with Crippen molar-refractivity contribution >= 4 is 17.5 Å². The third kappa shape index (κ3) is 4.00. The van der Waals surface area contributed by atoms with E-state index in [2.05, 4.69) is 15.4 Å². The van der Waals surface area contributed by atoms with Gasteiger partial charge in [-0.2, -0.15) is 5.10 Å². The van der Waals surface area contributed by atoms with Gasteiger partial charge in [0.2, 0.25) is 0 Å². The maximum atomic E-state index is 12.4. The van der Waals surface area contributed by atoms with E-state index in [9.17, 15) is 4.79 Å². The minimum Gasteiger partial charge on any atom is -0.346 e. The number of hydrogen-bond acceptors (Lipinski definition) is 3. The highest BCUT2D eigenvalue weighted by atomic mass is 35.5. The molecule has 0 fully saturated rings. The fourth-order valence-corrected chi connectivity index (χ4v) is 2.50. The normalized spacial score (nSPS) is 11.9. The third-order valence-electron chi connectivity index (χ3n) is 3.74. The van der Waals surface area contributed by atoms with Crippen LogP contribution in [0.5, 0.6) is 0 Å². The van der Waals surface area contributed by atoms with Crippen LogP contribution in [0.1, 0.15) is 34.5 Å². The van der Waals surface area contributed by atoms with Crippen molar-refractivity contribution in [2.75, 3.05) is 0 Å². The Morgan fingerprint density at radius 3 is 2.50 bits per heavy atom. The molecule has 1 aromatic heterocycles. The molecule has 0 aliphatic heterocycles. The topological polar surface area (TPSA) is 59.8 Å². The lowest BCUT2D eigenvalue weighted by Crippen LogP contribution is -2.26. The van der Waals surface area contributed by atoms with Crippen LogP contribution in [0.4, 0.5) is 0 Å². The molecule has 6 heteroatoms. The Morgan fingerprint density at radius 1 is 1.17 bits per heavy atom. The van der Waals surface area contributed by atoms with Crippen molar-refractivity contribution in [2.24, 2.45) is 0 Å². The molecule has 1 atom stereocenters. The molecule has 24 heavy (non-hydrogen) atoms. The fourth-order valence-electron chi connectivity index (χ4n) is 2.38. The molecule has 3 aromatic rings. The largest absolute Gasteiger partial charge is 0.346 e. The molecule has 3 rings (SSSR count). The van der Waals surface area contributed by atoms with Crippen LogP contribution < -0.4 is 5.32 Å². The van der Waals surface area contributed by atoms with Crippen molar-refractivity contribution in [2.45, 2.75) is 19.5 Å². The Morgan fingerprint density at radius 2 is 1.88 bits per heavy atom. The zero-order chi connectivity index (χ0) is 16.9. The molecule has 1 unspecified atom stereocenters. The number of hydrogen-bond donors (Lipinski definition) is 1. The molecule has 0 spiro atoms. The van der Waals surface area contributed by atoms with Gasteiger partial charge in [-0.05, 0) is 42.3 Å². The number of carbonyl (C=O) groups excluding carboxylic acids is 1. The zero-order valence-electron chi connectivity index (χ0n) is 13.2. The van der Waals surface area contributed by atoms with Crippen molar-refractivity contribution in [3.05, 3.63) is 82.9 Å². The number of nitrogens with zero attached hydrogens (tertiary/aromatic N) is 3. The van der Waals surface area contributed by atoms with Gasteiger partial charge in [0, 0.05) is 10.6 Å². The summed E-state index contributed by atoms with van der Waals surface area (Å²) in [5.41, 5.74) is 2.69. The van der Waals surface area contributed by atoms with Gasteiger partial charge in [-0.25, -0.2) is 9.67 Å². The predicted molar refractivity (Wildman–Crippen MR) is 92.9 cm³/mol. The molecular formula is C18H17ClN4O. The van der Waals surface area contributed by atoms with Crippen LogP contribution in [0.25, 0.3) is 0 Å². The lowest BCUT2D eigenvalue weighted by Gasteiger charge is -2.14. The summed E-state index contributed by atoms with van der Waals surface area (Å²) in [6.45, 7) is 2.57. The summed E-state index contributed by atoms with van der Waals surface area (Å²) in [5.74, 6) is -0.107. The van der Waals surface area contributed by atoms with Gasteiger partial charge < -0.3 is 5.32 Å². The lowest BCUT2D eigenvalue weighted by molar-refractivity contribution is 0.0940. The minimum atomic E-state index is -0.107. The van der Waals surface area contributed by atoms with Crippen LogP contribution in [-0.2, 0) is 6.54 Å². The van der Waals surface area contributed by atoms with E-state index >= 15 is 0 Å². The molecule has 122 valence electrons. The van der Waals surface area contributed by atoms with Gasteiger partial charge in [-0.3, -0.25) is 4.79 Å². The molecule has 1 amide bonds. The number of amides is 1. The summed E-state index contributed by atoms with van der Waals surface area (Å²) < 4.78 is 1.73. The molecule has 1 heterocycles. The number of benzene rings is 2. The lowest BCUT2D eigenvalue weighted by atomic mass is 10.1. The van der Waals surface area contributed by atoms with Crippen LogP contribution in [-0.4, -0.2) is 20.7 Å². The van der Waals surface area contributed by atoms with E-state index in [0.717, 1.165) is 11.1 Å². The molecule has 0 aliphatic rings. The van der Waals surface area contributed by atoms with Crippen molar-refractivity contribution in [1.82, 2.24) is 20.1 Å². The number of rotatable bonds is 5. The molecule has 0 saturated carbocycles. The Balaban J connectivity index is 1.63. The van der Waals surface area contributed by atoms with E-state index in [1.165, 1.54) is 6.33 Å². The Bertz CT molecular complexity index is 798. The van der Waals surface area contributed by atoms with Gasteiger partial charge in [0.05, 0.1) is 12.6 Å². The number of carbonyl (C=O) groups is 1. The highest BCUT2D eigenvalue weighted by molar-refractivity contribution is 6.30. The first-order chi connectivity index (χ1) is 11.6. The third-order valence-corrected chi connectivity index (χ3v) is 4.00. The molecule has 0 radical (unpaired) electrons. The summed E-state index contributed by atoms with van der Waals surface area (Å²) in [7, 11) is 0. The molecule has 0 bridgehead atoms. The van der Waals surface area contributed by atoms with Crippen LogP contribution >= 0.6 is 11.6 Å². The maximum Gasteiger partial charge on any atom is 0.251 e. The number of aromatic nitrogens is 3. The van der Waals surface area contributed by atoms with Gasteiger partial charge in [0.1, 0.15) is 12.7 Å². The second kappa shape index (κ2) is 7.27. The Hall–Kier alpha value is -2.66.